The maximum atomic E-state index is 10.1. The maximum Gasteiger partial charge on any atom is 0.132 e. The Morgan fingerprint density at radius 2 is 2.29 bits per heavy atom. The van der Waals surface area contributed by atoms with Gasteiger partial charge in [0.25, 0.3) is 0 Å². The summed E-state index contributed by atoms with van der Waals surface area (Å²) in [7, 11) is 0. The number of ketones is 1. The molecule has 0 rings (SSSR count). The number of carbonyl (C=O) groups is 1. The van der Waals surface area contributed by atoms with E-state index in [0.717, 1.165) is 0 Å². The van der Waals surface area contributed by atoms with Crippen molar-refractivity contribution >= 4 is 5.78 Å². The fraction of sp³-hybridized carbons (Fsp3) is 0.800. The molecule has 0 unspecified atom stereocenters. The van der Waals surface area contributed by atoms with Crippen LogP contribution in [0.2, 0.25) is 0 Å². The second-order valence-corrected chi connectivity index (χ2v) is 1.76. The zero-order valence-electron chi connectivity index (χ0n) is 4.64. The van der Waals surface area contributed by atoms with E-state index in [1.165, 1.54) is 6.92 Å². The molecule has 0 aliphatic heterocycles. The lowest BCUT2D eigenvalue weighted by atomic mass is 10.2. The highest BCUT2D eigenvalue weighted by molar-refractivity contribution is 5.75. The van der Waals surface area contributed by atoms with Crippen LogP contribution in [0, 0.1) is 0 Å². The normalized spacial score (nSPS) is 13.6. The van der Waals surface area contributed by atoms with Crippen LogP contribution in [-0.2, 0) is 4.79 Å². The summed E-state index contributed by atoms with van der Waals surface area (Å²) in [5.74, 6) is 0.0370. The number of Topliss-reactive ketones (excluding diaryl/α,β-unsaturated/α-hetero) is 1. The van der Waals surface area contributed by atoms with E-state index in [9.17, 15) is 4.79 Å². The Morgan fingerprint density at radius 3 is 2.29 bits per heavy atom. The van der Waals surface area contributed by atoms with Crippen LogP contribution in [-0.4, -0.2) is 17.0 Å². The lowest BCUT2D eigenvalue weighted by Gasteiger charge is -1.95. The predicted molar refractivity (Wildman–Crippen MR) is 27.0 cm³/mol. The Labute approximate surface area is 43.2 Å². The van der Waals surface area contributed by atoms with Crippen molar-refractivity contribution in [3.63, 3.8) is 0 Å². The van der Waals surface area contributed by atoms with Crippen LogP contribution in [0.4, 0.5) is 0 Å². The molecule has 0 heterocycles. The second kappa shape index (κ2) is 2.75. The van der Waals surface area contributed by atoms with Crippen LogP contribution in [0.1, 0.15) is 20.3 Å². The smallest absolute Gasteiger partial charge is 0.132 e. The minimum Gasteiger partial charge on any atom is -0.393 e. The van der Waals surface area contributed by atoms with Gasteiger partial charge in [0.2, 0.25) is 0 Å². The molecule has 1 atom stereocenters. The van der Waals surface area contributed by atoms with E-state index in [1.54, 1.807) is 6.92 Å². The molecule has 0 fully saturated rings. The van der Waals surface area contributed by atoms with Crippen molar-refractivity contribution < 1.29 is 9.90 Å². The molecule has 0 amide bonds. The van der Waals surface area contributed by atoms with Crippen molar-refractivity contribution in [3.8, 4) is 0 Å². The molecule has 0 spiro atoms. The molecule has 2 nitrogen and oxygen atoms in total. The largest absolute Gasteiger partial charge is 0.393 e. The molecule has 0 radical (unpaired) electrons. The van der Waals surface area contributed by atoms with Gasteiger partial charge in [-0.25, -0.2) is 0 Å². The summed E-state index contributed by atoms with van der Waals surface area (Å²) in [6.07, 6.45) is -0.197. The predicted octanol–water partition coefficient (Wildman–Crippen LogP) is 0.346. The minimum absolute atomic E-state index is 0.0370. The molecule has 7 heavy (non-hydrogen) atoms. The molecule has 1 N–H and O–H groups in total. The van der Waals surface area contributed by atoms with Crippen LogP contribution in [0.25, 0.3) is 0 Å². The number of hydrogen-bond donors (Lipinski definition) is 1. The quantitative estimate of drug-likeness (QED) is 0.546. The summed E-state index contributed by atoms with van der Waals surface area (Å²) >= 11 is 0. The van der Waals surface area contributed by atoms with Crippen molar-refractivity contribution in [3.05, 3.63) is 0 Å². The van der Waals surface area contributed by atoms with E-state index in [0.29, 0.717) is 0 Å². The highest BCUT2D eigenvalue weighted by Gasteiger charge is 1.96. The first kappa shape index (κ1) is 6.63. The highest BCUT2D eigenvalue weighted by atomic mass is 16.3. The number of carbonyl (C=O) groups excluding carboxylic acids is 1. The standard InChI is InChI=1S/C5H10O2/c1-4(6)3-5(2)7/h4,6H,3H2,1-2H3/t4-/m0/s1. The molecular formula is C5H10O2. The number of aliphatic hydroxyl groups excluding tert-OH is 1. The topological polar surface area (TPSA) is 37.3 Å². The zero-order valence-corrected chi connectivity index (χ0v) is 4.64. The average molecular weight is 102 g/mol. The molecule has 0 saturated carbocycles. The van der Waals surface area contributed by atoms with E-state index >= 15 is 0 Å². The molecule has 0 aliphatic carbocycles. The summed E-state index contributed by atoms with van der Waals surface area (Å²) < 4.78 is 0. The number of aliphatic hydroxyl groups is 1. The molecule has 0 aromatic heterocycles. The SMILES string of the molecule is CC(=O)C[C@H](C)O. The maximum absolute atomic E-state index is 10.1. The van der Waals surface area contributed by atoms with E-state index < -0.39 is 6.10 Å². The fourth-order valence-corrected chi connectivity index (χ4v) is 0.416. The second-order valence-electron chi connectivity index (χ2n) is 1.76. The molecular weight excluding hydrogens is 92.1 g/mol. The first-order valence-corrected chi connectivity index (χ1v) is 2.30. The van der Waals surface area contributed by atoms with E-state index in [1.807, 2.05) is 0 Å². The Kier molecular flexibility index (Phi) is 2.60. The summed E-state index contributed by atoms with van der Waals surface area (Å²) in [5.41, 5.74) is 0. The van der Waals surface area contributed by atoms with Crippen LogP contribution >= 0.6 is 0 Å². The number of hydrogen-bond acceptors (Lipinski definition) is 2. The van der Waals surface area contributed by atoms with Crippen LogP contribution in [0.15, 0.2) is 0 Å². The summed E-state index contributed by atoms with van der Waals surface area (Å²) in [4.78, 5) is 10.1. The lowest BCUT2D eigenvalue weighted by molar-refractivity contribution is -0.118. The molecule has 0 aromatic rings. The van der Waals surface area contributed by atoms with Gasteiger partial charge in [0.05, 0.1) is 6.10 Å². The zero-order chi connectivity index (χ0) is 5.86. The summed E-state index contributed by atoms with van der Waals surface area (Å²) in [5, 5.41) is 8.50. The van der Waals surface area contributed by atoms with Crippen molar-refractivity contribution in [2.24, 2.45) is 0 Å². The van der Waals surface area contributed by atoms with Crippen LogP contribution < -0.4 is 0 Å². The molecule has 0 bridgehead atoms. The molecule has 0 aliphatic rings. The fourth-order valence-electron chi connectivity index (χ4n) is 0.416. The van der Waals surface area contributed by atoms with Gasteiger partial charge >= 0.3 is 0 Å². The lowest BCUT2D eigenvalue weighted by Crippen LogP contribution is -2.04. The van der Waals surface area contributed by atoms with Gasteiger partial charge in [0.15, 0.2) is 0 Å². The van der Waals surface area contributed by atoms with Gasteiger partial charge < -0.3 is 5.11 Å². The first-order chi connectivity index (χ1) is 3.13. The summed E-state index contributed by atoms with van der Waals surface area (Å²) in [6.45, 7) is 3.06. The number of rotatable bonds is 2. The van der Waals surface area contributed by atoms with Crippen molar-refractivity contribution in [1.82, 2.24) is 0 Å². The minimum atomic E-state index is -0.475. The Bertz CT molecular complexity index is 66.5. The third-order valence-corrected chi connectivity index (χ3v) is 0.583. The first-order valence-electron chi connectivity index (χ1n) is 2.30. The third-order valence-electron chi connectivity index (χ3n) is 0.583. The average Bonchev–Trinajstić information content (AvgIpc) is 1.27. The van der Waals surface area contributed by atoms with Gasteiger partial charge in [-0.3, -0.25) is 4.79 Å². The molecule has 0 aromatic carbocycles. The van der Waals surface area contributed by atoms with Crippen LogP contribution in [0.5, 0.6) is 0 Å². The summed E-state index contributed by atoms with van der Waals surface area (Å²) in [6, 6.07) is 0. The van der Waals surface area contributed by atoms with Gasteiger partial charge in [-0.1, -0.05) is 0 Å². The van der Waals surface area contributed by atoms with Gasteiger partial charge in [0, 0.05) is 6.42 Å². The van der Waals surface area contributed by atoms with Crippen molar-refractivity contribution in [2.45, 2.75) is 26.4 Å². The third kappa shape index (κ3) is 5.63. The highest BCUT2D eigenvalue weighted by Crippen LogP contribution is 1.87. The van der Waals surface area contributed by atoms with E-state index in [2.05, 4.69) is 0 Å². The van der Waals surface area contributed by atoms with Gasteiger partial charge in [-0.15, -0.1) is 0 Å². The van der Waals surface area contributed by atoms with Crippen LogP contribution in [0.3, 0.4) is 0 Å². The molecule has 2 heteroatoms. The van der Waals surface area contributed by atoms with E-state index in [-0.39, 0.29) is 12.2 Å². The molecule has 0 saturated heterocycles. The van der Waals surface area contributed by atoms with E-state index in [4.69, 9.17) is 5.11 Å². The van der Waals surface area contributed by atoms with Gasteiger partial charge in [-0.2, -0.15) is 0 Å². The van der Waals surface area contributed by atoms with Crippen molar-refractivity contribution in [2.75, 3.05) is 0 Å². The van der Waals surface area contributed by atoms with Gasteiger partial charge in [-0.05, 0) is 13.8 Å². The molecule has 42 valence electrons. The monoisotopic (exact) mass is 102 g/mol. The Balaban J connectivity index is 3.13. The van der Waals surface area contributed by atoms with Crippen molar-refractivity contribution in [1.29, 1.82) is 0 Å². The Hall–Kier alpha value is -0.370. The Morgan fingerprint density at radius 1 is 1.86 bits per heavy atom. The van der Waals surface area contributed by atoms with Gasteiger partial charge in [0.1, 0.15) is 5.78 Å².